The minimum Gasteiger partial charge on any atom is -0.457 e. The highest BCUT2D eigenvalue weighted by atomic mass is 16.5. The Balaban J connectivity index is 2.33. The van der Waals surface area contributed by atoms with Crippen molar-refractivity contribution in [3.8, 4) is 11.5 Å². The highest BCUT2D eigenvalue weighted by Gasteiger charge is 2.06. The number of nitrogens with one attached hydrogen (secondary N) is 1. The number of aromatic nitrogens is 1. The van der Waals surface area contributed by atoms with E-state index in [4.69, 9.17) is 4.74 Å². The van der Waals surface area contributed by atoms with E-state index in [1.165, 1.54) is 11.1 Å². The first-order valence-corrected chi connectivity index (χ1v) is 6.45. The largest absolute Gasteiger partial charge is 0.457 e. The SMILES string of the molecule is CNCc1cnc(C)cc1Oc1cc(C)cc(C)c1. The summed E-state index contributed by atoms with van der Waals surface area (Å²) < 4.78 is 6.02. The van der Waals surface area contributed by atoms with Crippen LogP contribution < -0.4 is 10.1 Å². The molecule has 100 valence electrons. The number of pyridine rings is 1. The number of ether oxygens (including phenoxy) is 1. The molecular weight excluding hydrogens is 236 g/mol. The fraction of sp³-hybridized carbons (Fsp3) is 0.312. The van der Waals surface area contributed by atoms with Crippen LogP contribution in [0.5, 0.6) is 11.5 Å². The highest BCUT2D eigenvalue weighted by Crippen LogP contribution is 2.27. The van der Waals surface area contributed by atoms with Gasteiger partial charge in [0, 0.05) is 30.1 Å². The average Bonchev–Trinajstić information content (AvgIpc) is 2.31. The van der Waals surface area contributed by atoms with Gasteiger partial charge >= 0.3 is 0 Å². The fourth-order valence-corrected chi connectivity index (χ4v) is 2.10. The molecule has 1 N–H and O–H groups in total. The normalized spacial score (nSPS) is 10.5. The molecule has 0 aliphatic carbocycles. The first kappa shape index (κ1) is 13.6. The fourth-order valence-electron chi connectivity index (χ4n) is 2.10. The second-order valence-corrected chi connectivity index (χ2v) is 4.89. The molecule has 1 aromatic carbocycles. The number of benzene rings is 1. The second kappa shape index (κ2) is 5.85. The topological polar surface area (TPSA) is 34.2 Å². The molecule has 0 radical (unpaired) electrons. The Morgan fingerprint density at radius 2 is 1.74 bits per heavy atom. The third-order valence-electron chi connectivity index (χ3n) is 2.87. The number of aryl methyl sites for hydroxylation is 3. The maximum atomic E-state index is 6.02. The van der Waals surface area contributed by atoms with Crippen LogP contribution in [-0.4, -0.2) is 12.0 Å². The van der Waals surface area contributed by atoms with Crippen LogP contribution in [0.4, 0.5) is 0 Å². The smallest absolute Gasteiger partial charge is 0.135 e. The molecule has 0 aliphatic rings. The summed E-state index contributed by atoms with van der Waals surface area (Å²) in [6.45, 7) is 6.86. The van der Waals surface area contributed by atoms with Gasteiger partial charge in [0.05, 0.1) is 0 Å². The van der Waals surface area contributed by atoms with Crippen LogP contribution in [0, 0.1) is 20.8 Å². The van der Waals surface area contributed by atoms with Crippen molar-refractivity contribution in [3.63, 3.8) is 0 Å². The summed E-state index contributed by atoms with van der Waals surface area (Å²) >= 11 is 0. The lowest BCUT2D eigenvalue weighted by Gasteiger charge is -2.12. The number of hydrogen-bond acceptors (Lipinski definition) is 3. The van der Waals surface area contributed by atoms with Crippen LogP contribution in [0.2, 0.25) is 0 Å². The monoisotopic (exact) mass is 256 g/mol. The molecule has 0 spiro atoms. The Hall–Kier alpha value is -1.87. The van der Waals surface area contributed by atoms with Crippen molar-refractivity contribution in [3.05, 3.63) is 52.8 Å². The van der Waals surface area contributed by atoms with Crippen molar-refractivity contribution in [2.45, 2.75) is 27.3 Å². The van der Waals surface area contributed by atoms with Crippen LogP contribution in [-0.2, 0) is 6.54 Å². The van der Waals surface area contributed by atoms with Crippen LogP contribution in [0.3, 0.4) is 0 Å². The minimum atomic E-state index is 0.743. The lowest BCUT2D eigenvalue weighted by atomic mass is 10.1. The lowest BCUT2D eigenvalue weighted by molar-refractivity contribution is 0.472. The van der Waals surface area contributed by atoms with Gasteiger partial charge in [-0.1, -0.05) is 6.07 Å². The zero-order valence-corrected chi connectivity index (χ0v) is 11.9. The van der Waals surface area contributed by atoms with Gasteiger partial charge in [-0.15, -0.1) is 0 Å². The van der Waals surface area contributed by atoms with Gasteiger partial charge in [0.15, 0.2) is 0 Å². The predicted octanol–water partition coefficient (Wildman–Crippen LogP) is 3.52. The van der Waals surface area contributed by atoms with E-state index in [2.05, 4.69) is 30.2 Å². The first-order chi connectivity index (χ1) is 9.08. The summed E-state index contributed by atoms with van der Waals surface area (Å²) in [6, 6.07) is 8.21. The third-order valence-corrected chi connectivity index (χ3v) is 2.87. The standard InChI is InChI=1S/C16H20N2O/c1-11-5-12(2)7-15(6-11)19-16-8-13(3)18-10-14(16)9-17-4/h5-8,10,17H,9H2,1-4H3. The molecule has 0 fully saturated rings. The van der Waals surface area contributed by atoms with Crippen LogP contribution in [0.15, 0.2) is 30.5 Å². The van der Waals surface area contributed by atoms with Gasteiger partial charge in [0.2, 0.25) is 0 Å². The van der Waals surface area contributed by atoms with Crippen molar-refractivity contribution in [2.75, 3.05) is 7.05 Å². The van der Waals surface area contributed by atoms with Crippen molar-refractivity contribution < 1.29 is 4.74 Å². The molecule has 19 heavy (non-hydrogen) atoms. The minimum absolute atomic E-state index is 0.743. The van der Waals surface area contributed by atoms with Gasteiger partial charge in [-0.2, -0.15) is 0 Å². The maximum absolute atomic E-state index is 6.02. The summed E-state index contributed by atoms with van der Waals surface area (Å²) in [6.07, 6.45) is 1.86. The Morgan fingerprint density at radius 1 is 1.05 bits per heavy atom. The summed E-state index contributed by atoms with van der Waals surface area (Å²) in [5.74, 6) is 1.74. The van der Waals surface area contributed by atoms with Gasteiger partial charge in [0.25, 0.3) is 0 Å². The Labute approximate surface area is 114 Å². The van der Waals surface area contributed by atoms with E-state index < -0.39 is 0 Å². The molecule has 2 aromatic rings. The van der Waals surface area contributed by atoms with Gasteiger partial charge < -0.3 is 10.1 Å². The second-order valence-electron chi connectivity index (χ2n) is 4.89. The van der Waals surface area contributed by atoms with Crippen molar-refractivity contribution in [2.24, 2.45) is 0 Å². The zero-order chi connectivity index (χ0) is 13.8. The molecule has 0 saturated heterocycles. The molecule has 0 bridgehead atoms. The Bertz CT molecular complexity index is 559. The van der Waals surface area contributed by atoms with E-state index >= 15 is 0 Å². The molecule has 1 heterocycles. The number of hydrogen-bond donors (Lipinski definition) is 1. The third kappa shape index (κ3) is 3.55. The Kier molecular flexibility index (Phi) is 4.17. The van der Waals surface area contributed by atoms with Crippen LogP contribution in [0.1, 0.15) is 22.4 Å². The van der Waals surface area contributed by atoms with Gasteiger partial charge in [0.1, 0.15) is 11.5 Å². The van der Waals surface area contributed by atoms with E-state index in [1.54, 1.807) is 0 Å². The van der Waals surface area contributed by atoms with E-state index in [1.807, 2.05) is 38.4 Å². The molecule has 0 amide bonds. The maximum Gasteiger partial charge on any atom is 0.135 e. The molecule has 3 nitrogen and oxygen atoms in total. The molecule has 0 unspecified atom stereocenters. The van der Waals surface area contributed by atoms with E-state index in [0.29, 0.717) is 0 Å². The van der Waals surface area contributed by atoms with Crippen molar-refractivity contribution in [1.29, 1.82) is 0 Å². The Morgan fingerprint density at radius 3 is 2.37 bits per heavy atom. The molecule has 3 heteroatoms. The van der Waals surface area contributed by atoms with Gasteiger partial charge in [-0.05, 0) is 51.1 Å². The quantitative estimate of drug-likeness (QED) is 0.908. The van der Waals surface area contributed by atoms with Crippen molar-refractivity contribution in [1.82, 2.24) is 10.3 Å². The number of nitrogens with zero attached hydrogens (tertiary/aromatic N) is 1. The summed E-state index contributed by atoms with van der Waals surface area (Å²) in [4.78, 5) is 4.32. The summed E-state index contributed by atoms with van der Waals surface area (Å²) in [5.41, 5.74) is 4.43. The van der Waals surface area contributed by atoms with Crippen LogP contribution >= 0.6 is 0 Å². The molecular formula is C16H20N2O. The lowest BCUT2D eigenvalue weighted by Crippen LogP contribution is -2.07. The molecule has 0 saturated carbocycles. The van der Waals surface area contributed by atoms with E-state index in [0.717, 1.165) is 29.3 Å². The summed E-state index contributed by atoms with van der Waals surface area (Å²) in [5, 5.41) is 3.13. The average molecular weight is 256 g/mol. The molecule has 0 aliphatic heterocycles. The van der Waals surface area contributed by atoms with Crippen LogP contribution in [0.25, 0.3) is 0 Å². The first-order valence-electron chi connectivity index (χ1n) is 6.45. The van der Waals surface area contributed by atoms with E-state index in [9.17, 15) is 0 Å². The zero-order valence-electron chi connectivity index (χ0n) is 11.9. The highest BCUT2D eigenvalue weighted by molar-refractivity contribution is 5.40. The molecule has 0 atom stereocenters. The molecule has 1 aromatic heterocycles. The summed E-state index contributed by atoms with van der Waals surface area (Å²) in [7, 11) is 1.92. The van der Waals surface area contributed by atoms with Gasteiger partial charge in [-0.3, -0.25) is 4.98 Å². The number of rotatable bonds is 4. The van der Waals surface area contributed by atoms with Crippen molar-refractivity contribution >= 4 is 0 Å². The van der Waals surface area contributed by atoms with E-state index in [-0.39, 0.29) is 0 Å². The van der Waals surface area contributed by atoms with Gasteiger partial charge in [-0.25, -0.2) is 0 Å². The molecule has 2 rings (SSSR count). The predicted molar refractivity (Wildman–Crippen MR) is 77.7 cm³/mol.